The third kappa shape index (κ3) is 3.65. The lowest BCUT2D eigenvalue weighted by atomic mass is 9.95. The van der Waals surface area contributed by atoms with E-state index in [0.717, 1.165) is 30.9 Å². The van der Waals surface area contributed by atoms with Crippen LogP contribution in [-0.2, 0) is 7.05 Å². The van der Waals surface area contributed by atoms with Crippen LogP contribution >= 0.6 is 0 Å². The molecule has 1 atom stereocenters. The van der Waals surface area contributed by atoms with Gasteiger partial charge in [-0.3, -0.25) is 9.78 Å². The molecule has 0 spiro atoms. The van der Waals surface area contributed by atoms with Crippen molar-refractivity contribution >= 4 is 5.91 Å². The summed E-state index contributed by atoms with van der Waals surface area (Å²) in [5.41, 5.74) is 1.67. The smallest absolute Gasteiger partial charge is 0.261 e. The van der Waals surface area contributed by atoms with E-state index in [2.05, 4.69) is 10.1 Å². The number of hydrogen-bond donors (Lipinski definition) is 0. The zero-order valence-electron chi connectivity index (χ0n) is 16.8. The Morgan fingerprint density at radius 3 is 2.80 bits per heavy atom. The number of hydrogen-bond acceptors (Lipinski definition) is 4. The van der Waals surface area contributed by atoms with Crippen molar-refractivity contribution in [2.24, 2.45) is 7.05 Å². The number of aromatic nitrogens is 3. The number of piperidine rings is 1. The average Bonchev–Trinajstić information content (AvgIpc) is 3.04. The van der Waals surface area contributed by atoms with Crippen LogP contribution < -0.4 is 4.74 Å². The fourth-order valence-corrected chi connectivity index (χ4v) is 3.91. The van der Waals surface area contributed by atoms with Crippen LogP contribution in [0.15, 0.2) is 42.7 Å². The summed E-state index contributed by atoms with van der Waals surface area (Å²) in [6.45, 7) is 2.28. The van der Waals surface area contributed by atoms with Gasteiger partial charge in [0.2, 0.25) is 11.7 Å². The Kier molecular flexibility index (Phi) is 5.48. The lowest BCUT2D eigenvalue weighted by Crippen LogP contribution is -2.38. The number of rotatable bonds is 4. The molecular weight excluding hydrogens is 390 g/mol. The second kappa shape index (κ2) is 8.22. The highest BCUT2D eigenvalue weighted by Gasteiger charge is 2.33. The van der Waals surface area contributed by atoms with Crippen LogP contribution in [0.2, 0.25) is 0 Å². The summed E-state index contributed by atoms with van der Waals surface area (Å²) in [7, 11) is 1.60. The first-order chi connectivity index (χ1) is 14.5. The highest BCUT2D eigenvalue weighted by Crippen LogP contribution is 2.36. The molecule has 1 saturated heterocycles. The molecule has 1 aromatic carbocycles. The van der Waals surface area contributed by atoms with Crippen LogP contribution in [0.3, 0.4) is 0 Å². The largest absolute Gasteiger partial charge is 0.435 e. The Hall–Kier alpha value is -3.29. The summed E-state index contributed by atoms with van der Waals surface area (Å²) in [6, 6.07) is 7.37. The first-order valence-corrected chi connectivity index (χ1v) is 9.83. The van der Waals surface area contributed by atoms with E-state index in [9.17, 15) is 13.6 Å². The standard InChI is InChI=1S/C22H22F2N4O2/c1-14-19(22(27(2)26-14)30-18-10-5-8-16(23)20(18)24)21(29)28-12-4-3-9-17(28)15-7-6-11-25-13-15/h5-8,10-11,13,17H,3-4,9,12H2,1-2H3. The van der Waals surface area contributed by atoms with Crippen molar-refractivity contribution in [1.29, 1.82) is 0 Å². The average molecular weight is 412 g/mol. The van der Waals surface area contributed by atoms with E-state index < -0.39 is 11.6 Å². The van der Waals surface area contributed by atoms with Crippen molar-refractivity contribution in [3.8, 4) is 11.6 Å². The summed E-state index contributed by atoms with van der Waals surface area (Å²) in [5.74, 6) is -2.60. The number of pyridine rings is 1. The second-order valence-electron chi connectivity index (χ2n) is 7.34. The molecule has 6 nitrogen and oxygen atoms in total. The van der Waals surface area contributed by atoms with Crippen molar-refractivity contribution in [3.05, 3.63) is 71.2 Å². The zero-order valence-corrected chi connectivity index (χ0v) is 16.8. The van der Waals surface area contributed by atoms with E-state index in [4.69, 9.17) is 4.74 Å². The maximum atomic E-state index is 14.2. The monoisotopic (exact) mass is 412 g/mol. The lowest BCUT2D eigenvalue weighted by molar-refractivity contribution is 0.0607. The number of amides is 1. The van der Waals surface area contributed by atoms with Gasteiger partial charge in [0.1, 0.15) is 5.56 Å². The number of carbonyl (C=O) groups is 1. The number of aryl methyl sites for hydroxylation is 2. The summed E-state index contributed by atoms with van der Waals surface area (Å²) >= 11 is 0. The van der Waals surface area contributed by atoms with Gasteiger partial charge in [-0.1, -0.05) is 12.1 Å². The fraction of sp³-hybridized carbons (Fsp3) is 0.318. The molecule has 0 bridgehead atoms. The maximum Gasteiger partial charge on any atom is 0.261 e. The normalized spacial score (nSPS) is 16.5. The Bertz CT molecular complexity index is 1070. The lowest BCUT2D eigenvalue weighted by Gasteiger charge is -2.36. The number of ether oxygens (including phenoxy) is 1. The molecule has 0 aliphatic carbocycles. The van der Waals surface area contributed by atoms with Gasteiger partial charge in [-0.2, -0.15) is 9.49 Å². The van der Waals surface area contributed by atoms with E-state index >= 15 is 0 Å². The molecule has 4 rings (SSSR count). The van der Waals surface area contributed by atoms with Crippen LogP contribution in [-0.4, -0.2) is 32.1 Å². The molecular formula is C22H22F2N4O2. The molecule has 3 aromatic rings. The van der Waals surface area contributed by atoms with E-state index in [-0.39, 0.29) is 29.1 Å². The molecule has 156 valence electrons. The van der Waals surface area contributed by atoms with Gasteiger partial charge in [0.25, 0.3) is 5.91 Å². The highest BCUT2D eigenvalue weighted by atomic mass is 19.2. The van der Waals surface area contributed by atoms with Crippen molar-refractivity contribution in [3.63, 3.8) is 0 Å². The molecule has 2 aromatic heterocycles. The van der Waals surface area contributed by atoms with Crippen molar-refractivity contribution in [2.45, 2.75) is 32.2 Å². The number of halogens is 2. The van der Waals surface area contributed by atoms with Gasteiger partial charge < -0.3 is 9.64 Å². The molecule has 1 aliphatic heterocycles. The Morgan fingerprint density at radius 2 is 2.03 bits per heavy atom. The molecule has 1 fully saturated rings. The molecule has 1 amide bonds. The first kappa shape index (κ1) is 20.0. The second-order valence-corrected chi connectivity index (χ2v) is 7.34. The minimum Gasteiger partial charge on any atom is -0.435 e. The number of carbonyl (C=O) groups excluding carboxylic acids is 1. The molecule has 1 unspecified atom stereocenters. The summed E-state index contributed by atoms with van der Waals surface area (Å²) in [6.07, 6.45) is 6.18. The molecule has 0 radical (unpaired) electrons. The predicted molar refractivity (Wildman–Crippen MR) is 106 cm³/mol. The number of likely N-dealkylation sites (tertiary alicyclic amines) is 1. The molecule has 30 heavy (non-hydrogen) atoms. The van der Waals surface area contributed by atoms with Gasteiger partial charge in [0.15, 0.2) is 11.6 Å². The third-order valence-electron chi connectivity index (χ3n) is 5.34. The SMILES string of the molecule is Cc1nn(C)c(Oc2cccc(F)c2F)c1C(=O)N1CCCCC1c1cccnc1. The Morgan fingerprint density at radius 1 is 1.20 bits per heavy atom. The van der Waals surface area contributed by atoms with Crippen LogP contribution in [0, 0.1) is 18.6 Å². The Labute approximate surface area is 173 Å². The van der Waals surface area contributed by atoms with E-state index in [0.29, 0.717) is 12.2 Å². The highest BCUT2D eigenvalue weighted by molar-refractivity contribution is 5.98. The van der Waals surface area contributed by atoms with E-state index in [1.807, 2.05) is 12.1 Å². The van der Waals surface area contributed by atoms with E-state index in [1.54, 1.807) is 31.3 Å². The first-order valence-electron chi connectivity index (χ1n) is 9.83. The van der Waals surface area contributed by atoms with Gasteiger partial charge in [-0.15, -0.1) is 0 Å². The topological polar surface area (TPSA) is 60.3 Å². The van der Waals surface area contributed by atoms with Crippen LogP contribution in [0.4, 0.5) is 8.78 Å². The van der Waals surface area contributed by atoms with Crippen LogP contribution in [0.25, 0.3) is 0 Å². The van der Waals surface area contributed by atoms with Gasteiger partial charge in [-0.25, -0.2) is 9.07 Å². The fourth-order valence-electron chi connectivity index (χ4n) is 3.91. The van der Waals surface area contributed by atoms with Gasteiger partial charge in [0.05, 0.1) is 11.7 Å². The summed E-state index contributed by atoms with van der Waals surface area (Å²) in [5, 5.41) is 4.29. The quantitative estimate of drug-likeness (QED) is 0.630. The van der Waals surface area contributed by atoms with Crippen molar-refractivity contribution < 1.29 is 18.3 Å². The summed E-state index contributed by atoms with van der Waals surface area (Å²) in [4.78, 5) is 19.6. The van der Waals surface area contributed by atoms with Gasteiger partial charge >= 0.3 is 0 Å². The van der Waals surface area contributed by atoms with Crippen molar-refractivity contribution in [2.75, 3.05) is 6.54 Å². The molecule has 0 saturated carbocycles. The number of nitrogens with zero attached hydrogens (tertiary/aromatic N) is 4. The minimum absolute atomic E-state index is 0.0810. The van der Waals surface area contributed by atoms with Crippen LogP contribution in [0.5, 0.6) is 11.6 Å². The Balaban J connectivity index is 1.71. The van der Waals surface area contributed by atoms with Gasteiger partial charge in [-0.05, 0) is 49.9 Å². The molecule has 3 heterocycles. The minimum atomic E-state index is -1.11. The molecule has 1 aliphatic rings. The molecule has 0 N–H and O–H groups in total. The van der Waals surface area contributed by atoms with Crippen molar-refractivity contribution in [1.82, 2.24) is 19.7 Å². The zero-order chi connectivity index (χ0) is 21.3. The predicted octanol–water partition coefficient (Wildman–Crippen LogP) is 4.56. The summed E-state index contributed by atoms with van der Waals surface area (Å²) < 4.78 is 34.8. The molecule has 8 heteroatoms. The number of benzene rings is 1. The van der Waals surface area contributed by atoms with Gasteiger partial charge in [0, 0.05) is 26.0 Å². The maximum absolute atomic E-state index is 14.2. The van der Waals surface area contributed by atoms with E-state index in [1.165, 1.54) is 16.8 Å². The third-order valence-corrected chi connectivity index (χ3v) is 5.34. The van der Waals surface area contributed by atoms with Crippen LogP contribution in [0.1, 0.15) is 46.9 Å².